The largest absolute Gasteiger partial charge is 0.495 e. The maximum Gasteiger partial charge on any atom is 0.268 e. The number of rotatable bonds is 7. The standard InChI is InChI=1S/C24H25FN2O4S/c1-16-5-7-18(3)21(13-16)26-24(28)15-27(20-10-8-19(25)9-11-20)32(29,30)23-14-17(2)6-12-22(23)31-4/h5-14H,15H2,1-4H3,(H,26,28). The zero-order valence-electron chi connectivity index (χ0n) is 18.3. The van der Waals surface area contributed by atoms with Gasteiger partial charge in [0.05, 0.1) is 12.8 Å². The minimum atomic E-state index is -4.21. The summed E-state index contributed by atoms with van der Waals surface area (Å²) in [5.74, 6) is -0.894. The quantitative estimate of drug-likeness (QED) is 0.564. The molecule has 0 unspecified atom stereocenters. The van der Waals surface area contributed by atoms with E-state index in [-0.39, 0.29) is 16.3 Å². The number of nitrogens with one attached hydrogen (secondary N) is 1. The van der Waals surface area contributed by atoms with Crippen LogP contribution >= 0.6 is 0 Å². The third-order valence-electron chi connectivity index (χ3n) is 4.96. The van der Waals surface area contributed by atoms with Gasteiger partial charge in [-0.15, -0.1) is 0 Å². The lowest BCUT2D eigenvalue weighted by molar-refractivity contribution is -0.114. The third-order valence-corrected chi connectivity index (χ3v) is 6.75. The van der Waals surface area contributed by atoms with Gasteiger partial charge in [0.25, 0.3) is 10.0 Å². The molecule has 0 aliphatic heterocycles. The summed E-state index contributed by atoms with van der Waals surface area (Å²) < 4.78 is 47.0. The molecule has 0 aliphatic carbocycles. The average molecular weight is 457 g/mol. The fraction of sp³-hybridized carbons (Fsp3) is 0.208. The van der Waals surface area contributed by atoms with Crippen LogP contribution in [0.15, 0.2) is 65.6 Å². The average Bonchev–Trinajstić information content (AvgIpc) is 2.75. The Labute approximate surface area is 187 Å². The number of amides is 1. The van der Waals surface area contributed by atoms with Gasteiger partial charge in [-0.05, 0) is 79.9 Å². The molecule has 0 bridgehead atoms. The van der Waals surface area contributed by atoms with E-state index in [0.29, 0.717) is 11.3 Å². The Morgan fingerprint density at radius 1 is 0.969 bits per heavy atom. The highest BCUT2D eigenvalue weighted by atomic mass is 32.2. The summed E-state index contributed by atoms with van der Waals surface area (Å²) in [6.45, 7) is 5.00. The molecule has 0 atom stereocenters. The lowest BCUT2D eigenvalue weighted by Crippen LogP contribution is -2.38. The lowest BCUT2D eigenvalue weighted by Gasteiger charge is -2.25. The molecule has 3 aromatic carbocycles. The van der Waals surface area contributed by atoms with E-state index in [1.807, 2.05) is 32.0 Å². The Hall–Kier alpha value is -3.39. The number of carbonyl (C=O) groups excluding carboxylic acids is 1. The molecule has 0 aromatic heterocycles. The zero-order chi connectivity index (χ0) is 23.5. The number of sulfonamides is 1. The number of aryl methyl sites for hydroxylation is 3. The van der Waals surface area contributed by atoms with Crippen LogP contribution in [-0.4, -0.2) is 28.0 Å². The van der Waals surface area contributed by atoms with E-state index < -0.39 is 28.3 Å². The minimum absolute atomic E-state index is 0.0798. The Kier molecular flexibility index (Phi) is 6.84. The molecule has 6 nitrogen and oxygen atoms in total. The van der Waals surface area contributed by atoms with Crippen molar-refractivity contribution in [3.8, 4) is 5.75 Å². The van der Waals surface area contributed by atoms with Crippen LogP contribution < -0.4 is 14.4 Å². The second kappa shape index (κ2) is 9.40. The van der Waals surface area contributed by atoms with Gasteiger partial charge in [0.1, 0.15) is 23.0 Å². The second-order valence-corrected chi connectivity index (χ2v) is 9.34. The van der Waals surface area contributed by atoms with Crippen molar-refractivity contribution < 1.29 is 22.3 Å². The molecule has 0 radical (unpaired) electrons. The third kappa shape index (κ3) is 5.08. The van der Waals surface area contributed by atoms with Crippen molar-refractivity contribution in [2.24, 2.45) is 0 Å². The number of carbonyl (C=O) groups is 1. The molecule has 8 heteroatoms. The van der Waals surface area contributed by atoms with Gasteiger partial charge < -0.3 is 10.1 Å². The van der Waals surface area contributed by atoms with Crippen molar-refractivity contribution in [3.05, 3.63) is 83.2 Å². The number of halogens is 1. The Bertz CT molecular complexity index is 1240. The van der Waals surface area contributed by atoms with Gasteiger partial charge in [-0.2, -0.15) is 0 Å². The Morgan fingerprint density at radius 2 is 1.59 bits per heavy atom. The molecule has 3 rings (SSSR count). The van der Waals surface area contributed by atoms with Gasteiger partial charge in [-0.25, -0.2) is 12.8 Å². The number of hydrogen-bond acceptors (Lipinski definition) is 4. The van der Waals surface area contributed by atoms with Crippen molar-refractivity contribution in [2.75, 3.05) is 23.3 Å². The molecule has 0 spiro atoms. The van der Waals surface area contributed by atoms with Gasteiger partial charge in [0.2, 0.25) is 5.91 Å². The molecule has 0 saturated heterocycles. The van der Waals surface area contributed by atoms with Crippen LogP contribution in [0.3, 0.4) is 0 Å². The first-order valence-corrected chi connectivity index (χ1v) is 11.4. The highest BCUT2D eigenvalue weighted by Gasteiger charge is 2.30. The van der Waals surface area contributed by atoms with Crippen molar-refractivity contribution in [1.29, 1.82) is 0 Å². The predicted octanol–water partition coefficient (Wildman–Crippen LogP) is 4.59. The van der Waals surface area contributed by atoms with Crippen molar-refractivity contribution >= 4 is 27.3 Å². The van der Waals surface area contributed by atoms with Crippen LogP contribution in [0.5, 0.6) is 5.75 Å². The van der Waals surface area contributed by atoms with Crippen LogP contribution in [0.4, 0.5) is 15.8 Å². The van der Waals surface area contributed by atoms with Gasteiger partial charge in [-0.1, -0.05) is 18.2 Å². The molecule has 0 heterocycles. The first kappa shape index (κ1) is 23.3. The monoisotopic (exact) mass is 456 g/mol. The fourth-order valence-corrected chi connectivity index (χ4v) is 4.88. The fourth-order valence-electron chi connectivity index (χ4n) is 3.22. The molecule has 168 valence electrons. The van der Waals surface area contributed by atoms with E-state index >= 15 is 0 Å². The van der Waals surface area contributed by atoms with E-state index in [1.165, 1.54) is 25.3 Å². The van der Waals surface area contributed by atoms with Crippen molar-refractivity contribution in [2.45, 2.75) is 25.7 Å². The number of benzene rings is 3. The summed E-state index contributed by atoms with van der Waals surface area (Å²) in [4.78, 5) is 12.8. The molecule has 32 heavy (non-hydrogen) atoms. The Morgan fingerprint density at radius 3 is 2.25 bits per heavy atom. The predicted molar refractivity (Wildman–Crippen MR) is 123 cm³/mol. The molecule has 3 aromatic rings. The van der Waals surface area contributed by atoms with Gasteiger partial charge in [0.15, 0.2) is 0 Å². The van der Waals surface area contributed by atoms with E-state index in [4.69, 9.17) is 4.74 Å². The summed E-state index contributed by atoms with van der Waals surface area (Å²) >= 11 is 0. The van der Waals surface area contributed by atoms with E-state index in [2.05, 4.69) is 5.32 Å². The first-order chi connectivity index (χ1) is 15.1. The summed E-state index contributed by atoms with van der Waals surface area (Å²) in [6, 6.07) is 15.3. The highest BCUT2D eigenvalue weighted by molar-refractivity contribution is 7.93. The molecule has 1 amide bonds. The van der Waals surface area contributed by atoms with Gasteiger partial charge >= 0.3 is 0 Å². The number of anilines is 2. The Balaban J connectivity index is 2.03. The number of ether oxygens (including phenoxy) is 1. The summed E-state index contributed by atoms with van der Waals surface area (Å²) in [7, 11) is -2.84. The molecule has 0 aliphatic rings. The maximum absolute atomic E-state index is 13.6. The topological polar surface area (TPSA) is 75.7 Å². The first-order valence-electron chi connectivity index (χ1n) is 9.92. The van der Waals surface area contributed by atoms with Gasteiger partial charge in [0, 0.05) is 5.69 Å². The van der Waals surface area contributed by atoms with Crippen LogP contribution in [0.25, 0.3) is 0 Å². The van der Waals surface area contributed by atoms with Crippen molar-refractivity contribution in [3.63, 3.8) is 0 Å². The zero-order valence-corrected chi connectivity index (χ0v) is 19.2. The number of hydrogen-bond donors (Lipinski definition) is 1. The van der Waals surface area contributed by atoms with Crippen LogP contribution in [0.2, 0.25) is 0 Å². The number of nitrogens with zero attached hydrogens (tertiary/aromatic N) is 1. The van der Waals surface area contributed by atoms with Crippen molar-refractivity contribution in [1.82, 2.24) is 0 Å². The highest BCUT2D eigenvalue weighted by Crippen LogP contribution is 2.31. The van der Waals surface area contributed by atoms with Gasteiger partial charge in [-0.3, -0.25) is 9.10 Å². The van der Waals surface area contributed by atoms with E-state index in [0.717, 1.165) is 27.6 Å². The normalized spacial score (nSPS) is 11.2. The molecule has 1 N–H and O–H groups in total. The second-order valence-electron chi connectivity index (χ2n) is 7.51. The van der Waals surface area contributed by atoms with E-state index in [1.54, 1.807) is 19.1 Å². The van der Waals surface area contributed by atoms with Crippen LogP contribution in [-0.2, 0) is 14.8 Å². The minimum Gasteiger partial charge on any atom is -0.495 e. The van der Waals surface area contributed by atoms with E-state index in [9.17, 15) is 17.6 Å². The molecule has 0 saturated carbocycles. The summed E-state index contributed by atoms with van der Waals surface area (Å²) in [5.41, 5.74) is 3.27. The molecule has 0 fully saturated rings. The lowest BCUT2D eigenvalue weighted by atomic mass is 10.1. The maximum atomic E-state index is 13.6. The van der Waals surface area contributed by atoms with Crippen LogP contribution in [0, 0.1) is 26.6 Å². The number of methoxy groups -OCH3 is 1. The van der Waals surface area contributed by atoms with Crippen LogP contribution in [0.1, 0.15) is 16.7 Å². The molecular formula is C24H25FN2O4S. The summed E-state index contributed by atoms with van der Waals surface area (Å²) in [5, 5.41) is 2.78. The molecular weight excluding hydrogens is 431 g/mol. The smallest absolute Gasteiger partial charge is 0.268 e. The summed E-state index contributed by atoms with van der Waals surface area (Å²) in [6.07, 6.45) is 0. The SMILES string of the molecule is COc1ccc(C)cc1S(=O)(=O)N(CC(=O)Nc1cc(C)ccc1C)c1ccc(F)cc1.